The van der Waals surface area contributed by atoms with Crippen molar-refractivity contribution in [3.63, 3.8) is 0 Å². The molecule has 2 aromatic rings. The van der Waals surface area contributed by atoms with Crippen molar-refractivity contribution >= 4 is 27.4 Å². The number of benzene rings is 2. The number of methoxy groups -OCH3 is 1. The Morgan fingerprint density at radius 3 is 2.03 bits per heavy atom. The number of ether oxygens (including phenoxy) is 1. The molecule has 2 rings (SSSR count). The van der Waals surface area contributed by atoms with Crippen LogP contribution >= 0.6 is 12.2 Å². The maximum Gasteiger partial charge on any atom is 0.306 e. The molecule has 0 bridgehead atoms. The summed E-state index contributed by atoms with van der Waals surface area (Å²) in [6.07, 6.45) is 0.989. The predicted molar refractivity (Wildman–Crippen MR) is 120 cm³/mol. The maximum atomic E-state index is 11.3. The van der Waals surface area contributed by atoms with Crippen LogP contribution in [0, 0.1) is 0 Å². The lowest BCUT2D eigenvalue weighted by Gasteiger charge is -2.19. The average molecular weight is 437 g/mol. The molecule has 29 heavy (non-hydrogen) atoms. The Kier molecular flexibility index (Phi) is 7.48. The van der Waals surface area contributed by atoms with Gasteiger partial charge < -0.3 is 19.6 Å². The van der Waals surface area contributed by atoms with Crippen molar-refractivity contribution in [1.82, 2.24) is 10.6 Å². The Morgan fingerprint density at radius 1 is 0.966 bits per heavy atom. The van der Waals surface area contributed by atoms with Crippen LogP contribution in [0.25, 0.3) is 0 Å². The highest BCUT2D eigenvalue weighted by atomic mass is 32.2. The van der Waals surface area contributed by atoms with Crippen LogP contribution in [0.15, 0.2) is 42.5 Å². The van der Waals surface area contributed by atoms with Gasteiger partial charge in [-0.05, 0) is 46.5 Å². The number of hydrogen-bond donors (Lipinski definition) is 2. The molecule has 2 N–H and O–H groups in total. The molecule has 0 aliphatic heterocycles. The molecule has 0 radical (unpaired) electrons. The predicted octanol–water partition coefficient (Wildman–Crippen LogP) is 3.50. The number of nitrogens with one attached hydrogen (secondary N) is 2. The van der Waals surface area contributed by atoms with Crippen LogP contribution in [-0.4, -0.2) is 26.9 Å². The minimum atomic E-state index is -3.62. The Labute approximate surface area is 178 Å². The molecule has 0 spiro atoms. The van der Waals surface area contributed by atoms with Gasteiger partial charge in [0.25, 0.3) is 0 Å². The standard InChI is InChI=1S/C21H28N2O4S2/c1-21(2,3)17-9-6-15(7-10-17)13-22-20(28)23-14-16-8-11-18(19(12-16)26-4)27-29(5,24)25/h6-12H,13-14H2,1-5H3,(H2,22,23,28). The summed E-state index contributed by atoms with van der Waals surface area (Å²) >= 11 is 5.34. The maximum absolute atomic E-state index is 11.3. The third-order valence-corrected chi connectivity index (χ3v) is 4.97. The second-order valence-corrected chi connectivity index (χ2v) is 9.74. The van der Waals surface area contributed by atoms with E-state index in [1.807, 2.05) is 0 Å². The fraction of sp³-hybridized carbons (Fsp3) is 0.381. The minimum absolute atomic E-state index is 0.131. The van der Waals surface area contributed by atoms with E-state index in [1.165, 1.54) is 12.7 Å². The highest BCUT2D eigenvalue weighted by molar-refractivity contribution is 7.86. The van der Waals surface area contributed by atoms with Crippen molar-refractivity contribution in [2.24, 2.45) is 0 Å². The van der Waals surface area contributed by atoms with Gasteiger partial charge in [0, 0.05) is 13.1 Å². The first-order chi connectivity index (χ1) is 13.5. The molecule has 0 aromatic heterocycles. The minimum Gasteiger partial charge on any atom is -0.493 e. The lowest BCUT2D eigenvalue weighted by molar-refractivity contribution is 0.391. The third kappa shape index (κ3) is 7.55. The molecule has 0 aliphatic carbocycles. The lowest BCUT2D eigenvalue weighted by atomic mass is 9.87. The van der Waals surface area contributed by atoms with Crippen molar-refractivity contribution in [3.05, 3.63) is 59.2 Å². The van der Waals surface area contributed by atoms with E-state index in [0.29, 0.717) is 24.0 Å². The van der Waals surface area contributed by atoms with E-state index in [1.54, 1.807) is 18.2 Å². The smallest absolute Gasteiger partial charge is 0.306 e. The Hall–Kier alpha value is -2.32. The quantitative estimate of drug-likeness (QED) is 0.508. The summed E-state index contributed by atoms with van der Waals surface area (Å²) in [4.78, 5) is 0. The van der Waals surface area contributed by atoms with Crippen molar-refractivity contribution < 1.29 is 17.3 Å². The van der Waals surface area contributed by atoms with E-state index in [-0.39, 0.29) is 11.2 Å². The zero-order chi connectivity index (χ0) is 21.7. The normalized spacial score (nSPS) is 11.6. The molecule has 0 aliphatic rings. The van der Waals surface area contributed by atoms with E-state index in [4.69, 9.17) is 21.1 Å². The van der Waals surface area contributed by atoms with Gasteiger partial charge in [0.2, 0.25) is 0 Å². The Morgan fingerprint density at radius 2 is 1.52 bits per heavy atom. The summed E-state index contributed by atoms with van der Waals surface area (Å²) in [7, 11) is -2.16. The van der Waals surface area contributed by atoms with Crippen LogP contribution in [0.3, 0.4) is 0 Å². The molecule has 0 saturated heterocycles. The van der Waals surface area contributed by atoms with Gasteiger partial charge in [0.05, 0.1) is 13.4 Å². The van der Waals surface area contributed by atoms with Gasteiger partial charge in [-0.15, -0.1) is 0 Å². The van der Waals surface area contributed by atoms with Gasteiger partial charge in [-0.25, -0.2) is 0 Å². The zero-order valence-corrected chi connectivity index (χ0v) is 19.0. The number of thiocarbonyl (C=S) groups is 1. The number of rotatable bonds is 7. The van der Waals surface area contributed by atoms with E-state index < -0.39 is 10.1 Å². The van der Waals surface area contributed by atoms with Crippen LogP contribution < -0.4 is 19.6 Å². The van der Waals surface area contributed by atoms with Crippen LogP contribution in [-0.2, 0) is 28.6 Å². The molecule has 8 heteroatoms. The van der Waals surface area contributed by atoms with Gasteiger partial charge >= 0.3 is 10.1 Å². The van der Waals surface area contributed by atoms with Gasteiger partial charge in [0.1, 0.15) is 0 Å². The first-order valence-electron chi connectivity index (χ1n) is 9.15. The molecular formula is C21H28N2O4S2. The van der Waals surface area contributed by atoms with E-state index in [9.17, 15) is 8.42 Å². The summed E-state index contributed by atoms with van der Waals surface area (Å²) in [6, 6.07) is 13.5. The van der Waals surface area contributed by atoms with Crippen molar-refractivity contribution in [2.75, 3.05) is 13.4 Å². The largest absolute Gasteiger partial charge is 0.493 e. The molecule has 0 heterocycles. The van der Waals surface area contributed by atoms with E-state index >= 15 is 0 Å². The van der Waals surface area contributed by atoms with Crippen LogP contribution in [0.2, 0.25) is 0 Å². The first kappa shape index (κ1) is 23.0. The SMILES string of the molecule is COc1cc(CNC(=S)NCc2ccc(C(C)(C)C)cc2)ccc1OS(C)(=O)=O. The van der Waals surface area contributed by atoms with Gasteiger partial charge in [0.15, 0.2) is 16.6 Å². The van der Waals surface area contributed by atoms with Crippen LogP contribution in [0.1, 0.15) is 37.5 Å². The molecule has 6 nitrogen and oxygen atoms in total. The monoisotopic (exact) mass is 436 g/mol. The van der Waals surface area contributed by atoms with Gasteiger partial charge in [-0.2, -0.15) is 8.42 Å². The fourth-order valence-corrected chi connectivity index (χ4v) is 3.21. The summed E-state index contributed by atoms with van der Waals surface area (Å²) in [5.74, 6) is 0.491. The molecule has 0 unspecified atom stereocenters. The van der Waals surface area contributed by atoms with E-state index in [0.717, 1.165) is 17.4 Å². The second-order valence-electron chi connectivity index (χ2n) is 7.76. The summed E-state index contributed by atoms with van der Waals surface area (Å²) in [5.41, 5.74) is 3.44. The van der Waals surface area contributed by atoms with Gasteiger partial charge in [-0.3, -0.25) is 0 Å². The zero-order valence-electron chi connectivity index (χ0n) is 17.4. The van der Waals surface area contributed by atoms with Gasteiger partial charge in [-0.1, -0.05) is 51.1 Å². The van der Waals surface area contributed by atoms with Crippen molar-refractivity contribution in [2.45, 2.75) is 39.3 Å². The highest BCUT2D eigenvalue weighted by Crippen LogP contribution is 2.29. The summed E-state index contributed by atoms with van der Waals surface area (Å²) in [6.45, 7) is 7.65. The second kappa shape index (κ2) is 9.45. The van der Waals surface area contributed by atoms with Crippen molar-refractivity contribution in [3.8, 4) is 11.5 Å². The fourth-order valence-electron chi connectivity index (χ4n) is 2.60. The molecule has 0 fully saturated rings. The topological polar surface area (TPSA) is 76.7 Å². The molecule has 0 saturated carbocycles. The summed E-state index contributed by atoms with van der Waals surface area (Å²) in [5, 5.41) is 6.84. The average Bonchev–Trinajstić information content (AvgIpc) is 2.64. The first-order valence-corrected chi connectivity index (χ1v) is 11.4. The molecule has 2 aromatic carbocycles. The van der Waals surface area contributed by atoms with E-state index in [2.05, 4.69) is 55.7 Å². The summed E-state index contributed by atoms with van der Waals surface area (Å²) < 4.78 is 32.7. The molecular weight excluding hydrogens is 408 g/mol. The van der Waals surface area contributed by atoms with Crippen molar-refractivity contribution in [1.29, 1.82) is 0 Å². The number of hydrogen-bond acceptors (Lipinski definition) is 5. The van der Waals surface area contributed by atoms with Crippen LogP contribution in [0.4, 0.5) is 0 Å². The highest BCUT2D eigenvalue weighted by Gasteiger charge is 2.13. The lowest BCUT2D eigenvalue weighted by Crippen LogP contribution is -2.34. The molecule has 0 atom stereocenters. The van der Waals surface area contributed by atoms with Crippen LogP contribution in [0.5, 0.6) is 11.5 Å². The molecule has 0 amide bonds. The molecule has 158 valence electrons. The Bertz CT molecular complexity index is 950. The third-order valence-electron chi connectivity index (χ3n) is 4.20. The Balaban J connectivity index is 1.89.